The smallest absolute Gasteiger partial charge is 0.191 e. The molecule has 150 valence electrons. The van der Waals surface area contributed by atoms with E-state index in [1.54, 1.807) is 0 Å². The minimum absolute atomic E-state index is 0.120. The molecule has 0 aliphatic carbocycles. The summed E-state index contributed by atoms with van der Waals surface area (Å²) in [5.74, 6) is 0.120. The van der Waals surface area contributed by atoms with Crippen LogP contribution in [0.5, 0.6) is 0 Å². The average Bonchev–Trinajstić information content (AvgIpc) is 2.59. The van der Waals surface area contributed by atoms with Gasteiger partial charge in [0.05, 0.1) is 18.8 Å². The monoisotopic (exact) mass is 380 g/mol. The molecule has 4 heteroatoms. The lowest BCUT2D eigenvalue weighted by atomic mass is 9.94. The van der Waals surface area contributed by atoms with Crippen molar-refractivity contribution in [2.75, 3.05) is 6.61 Å². The van der Waals surface area contributed by atoms with Gasteiger partial charge >= 0.3 is 0 Å². The standard InChI is InChI=1S/C22H40O3Si/c1-8-9-15-20(17-25-26(6,7)22(3,4)5)21(23)18(2)24-16-19-13-11-10-12-14-19/h10-14,18,20-21,23H,8-9,15-17H2,1-7H3/t18-,20-,21+/m0/s1. The lowest BCUT2D eigenvalue weighted by molar-refractivity contribution is -0.0696. The molecule has 0 aromatic heterocycles. The number of aliphatic hydroxyl groups excluding tert-OH is 1. The minimum atomic E-state index is -1.81. The SMILES string of the molecule is CCCC[C@@H](CO[Si](C)(C)C(C)(C)C)[C@H](O)[C@H](C)OCc1ccccc1. The predicted octanol–water partition coefficient (Wildman–Crippen LogP) is 5.78. The second-order valence-electron chi connectivity index (χ2n) is 8.97. The molecule has 0 aliphatic rings. The molecule has 1 rings (SSSR count). The molecule has 1 aromatic carbocycles. The van der Waals surface area contributed by atoms with Gasteiger partial charge in [0.25, 0.3) is 0 Å². The third-order valence-corrected chi connectivity index (χ3v) is 10.2. The first-order chi connectivity index (χ1) is 12.1. The topological polar surface area (TPSA) is 38.7 Å². The minimum Gasteiger partial charge on any atom is -0.416 e. The molecule has 1 aromatic rings. The molecule has 0 saturated carbocycles. The predicted molar refractivity (Wildman–Crippen MR) is 113 cm³/mol. The molecular weight excluding hydrogens is 340 g/mol. The normalized spacial score (nSPS) is 16.3. The zero-order valence-corrected chi connectivity index (χ0v) is 18.9. The van der Waals surface area contributed by atoms with Gasteiger partial charge in [0.15, 0.2) is 8.32 Å². The van der Waals surface area contributed by atoms with Crippen molar-refractivity contribution in [3.63, 3.8) is 0 Å². The van der Waals surface area contributed by atoms with Gasteiger partial charge < -0.3 is 14.3 Å². The quantitative estimate of drug-likeness (QED) is 0.494. The lowest BCUT2D eigenvalue weighted by Crippen LogP contribution is -2.44. The number of rotatable bonds is 11. The van der Waals surface area contributed by atoms with Crippen molar-refractivity contribution in [1.82, 2.24) is 0 Å². The summed E-state index contributed by atoms with van der Waals surface area (Å²) in [6.07, 6.45) is 2.50. The highest BCUT2D eigenvalue weighted by molar-refractivity contribution is 6.74. The fraction of sp³-hybridized carbons (Fsp3) is 0.727. The fourth-order valence-corrected chi connectivity index (χ4v) is 3.70. The molecule has 0 spiro atoms. The number of benzene rings is 1. The van der Waals surface area contributed by atoms with E-state index in [9.17, 15) is 5.11 Å². The molecule has 3 nitrogen and oxygen atoms in total. The Labute approximate surface area is 162 Å². The Balaban J connectivity index is 2.64. The second kappa shape index (κ2) is 10.6. The van der Waals surface area contributed by atoms with E-state index >= 15 is 0 Å². The van der Waals surface area contributed by atoms with Gasteiger partial charge in [0.1, 0.15) is 0 Å². The number of unbranched alkanes of at least 4 members (excludes halogenated alkanes) is 1. The van der Waals surface area contributed by atoms with Gasteiger partial charge in [0, 0.05) is 12.5 Å². The zero-order chi connectivity index (χ0) is 19.8. The molecule has 26 heavy (non-hydrogen) atoms. The van der Waals surface area contributed by atoms with Crippen molar-refractivity contribution < 1.29 is 14.3 Å². The highest BCUT2D eigenvalue weighted by Crippen LogP contribution is 2.37. The highest BCUT2D eigenvalue weighted by Gasteiger charge is 2.38. The third kappa shape index (κ3) is 7.51. The van der Waals surface area contributed by atoms with E-state index in [4.69, 9.17) is 9.16 Å². The number of aliphatic hydroxyl groups is 1. The molecule has 0 amide bonds. The average molecular weight is 381 g/mol. The van der Waals surface area contributed by atoms with Gasteiger partial charge in [-0.05, 0) is 37.0 Å². The first kappa shape index (κ1) is 23.4. The van der Waals surface area contributed by atoms with Crippen LogP contribution in [0.3, 0.4) is 0 Å². The third-order valence-electron chi connectivity index (χ3n) is 5.71. The Kier molecular flexibility index (Phi) is 9.52. The van der Waals surface area contributed by atoms with Crippen LogP contribution in [0.25, 0.3) is 0 Å². The molecule has 0 bridgehead atoms. The summed E-state index contributed by atoms with van der Waals surface area (Å²) in [6.45, 7) is 16.6. The molecule has 0 heterocycles. The van der Waals surface area contributed by atoms with Crippen molar-refractivity contribution in [2.24, 2.45) is 5.92 Å². The Bertz CT molecular complexity index is 496. The van der Waals surface area contributed by atoms with Gasteiger partial charge in [-0.25, -0.2) is 0 Å². The Morgan fingerprint density at radius 2 is 1.73 bits per heavy atom. The Morgan fingerprint density at radius 1 is 1.12 bits per heavy atom. The van der Waals surface area contributed by atoms with E-state index in [2.05, 4.69) is 40.8 Å². The summed E-state index contributed by atoms with van der Waals surface area (Å²) in [6, 6.07) is 10.1. The maximum Gasteiger partial charge on any atom is 0.191 e. The van der Waals surface area contributed by atoms with Crippen molar-refractivity contribution in [3.05, 3.63) is 35.9 Å². The van der Waals surface area contributed by atoms with Gasteiger partial charge in [-0.3, -0.25) is 0 Å². The molecule has 0 saturated heterocycles. The summed E-state index contributed by atoms with van der Waals surface area (Å²) < 4.78 is 12.4. The van der Waals surface area contributed by atoms with E-state index in [0.29, 0.717) is 13.2 Å². The van der Waals surface area contributed by atoms with Crippen LogP contribution in [-0.2, 0) is 15.8 Å². The van der Waals surface area contributed by atoms with E-state index < -0.39 is 14.4 Å². The molecule has 0 aliphatic heterocycles. The largest absolute Gasteiger partial charge is 0.416 e. The van der Waals surface area contributed by atoms with Crippen LogP contribution < -0.4 is 0 Å². The maximum absolute atomic E-state index is 10.9. The van der Waals surface area contributed by atoms with Gasteiger partial charge in [-0.1, -0.05) is 70.9 Å². The van der Waals surface area contributed by atoms with Crippen molar-refractivity contribution in [1.29, 1.82) is 0 Å². The first-order valence-corrected chi connectivity index (χ1v) is 13.0. The summed E-state index contributed by atoms with van der Waals surface area (Å²) in [5.41, 5.74) is 1.13. The fourth-order valence-electron chi connectivity index (χ4n) is 2.63. The van der Waals surface area contributed by atoms with Crippen LogP contribution in [0, 0.1) is 5.92 Å². The zero-order valence-electron chi connectivity index (χ0n) is 17.9. The van der Waals surface area contributed by atoms with E-state index in [0.717, 1.165) is 24.8 Å². The number of hydrogen-bond acceptors (Lipinski definition) is 3. The van der Waals surface area contributed by atoms with Gasteiger partial charge in [-0.15, -0.1) is 0 Å². The van der Waals surface area contributed by atoms with Crippen LogP contribution in [0.4, 0.5) is 0 Å². The van der Waals surface area contributed by atoms with E-state index in [1.165, 1.54) is 0 Å². The van der Waals surface area contributed by atoms with Gasteiger partial charge in [-0.2, -0.15) is 0 Å². The molecule has 0 fully saturated rings. The van der Waals surface area contributed by atoms with Gasteiger partial charge in [0.2, 0.25) is 0 Å². The van der Waals surface area contributed by atoms with Crippen LogP contribution in [0.15, 0.2) is 30.3 Å². The summed E-state index contributed by atoms with van der Waals surface area (Å²) in [4.78, 5) is 0. The van der Waals surface area contributed by atoms with Crippen molar-refractivity contribution in [2.45, 2.75) is 90.8 Å². The van der Waals surface area contributed by atoms with Crippen LogP contribution in [0.2, 0.25) is 18.1 Å². The summed E-state index contributed by atoms with van der Waals surface area (Å²) in [5, 5.41) is 11.1. The van der Waals surface area contributed by atoms with Crippen molar-refractivity contribution >= 4 is 8.32 Å². The summed E-state index contributed by atoms with van der Waals surface area (Å²) in [7, 11) is -1.81. The first-order valence-electron chi connectivity index (χ1n) is 10.1. The highest BCUT2D eigenvalue weighted by atomic mass is 28.4. The molecular formula is C22H40O3Si. The maximum atomic E-state index is 10.9. The van der Waals surface area contributed by atoms with E-state index in [-0.39, 0.29) is 17.1 Å². The molecule has 1 N–H and O–H groups in total. The summed E-state index contributed by atoms with van der Waals surface area (Å²) >= 11 is 0. The van der Waals surface area contributed by atoms with Crippen LogP contribution >= 0.6 is 0 Å². The molecule has 3 atom stereocenters. The van der Waals surface area contributed by atoms with Crippen LogP contribution in [0.1, 0.15) is 59.4 Å². The Morgan fingerprint density at radius 3 is 2.27 bits per heavy atom. The van der Waals surface area contributed by atoms with E-state index in [1.807, 2.05) is 37.3 Å². The van der Waals surface area contributed by atoms with Crippen molar-refractivity contribution in [3.8, 4) is 0 Å². The second-order valence-corrected chi connectivity index (χ2v) is 13.8. The number of hydrogen-bond donors (Lipinski definition) is 1. The molecule has 0 unspecified atom stereocenters. The number of ether oxygens (including phenoxy) is 1. The van der Waals surface area contributed by atoms with Crippen LogP contribution in [-0.4, -0.2) is 32.2 Å². The lowest BCUT2D eigenvalue weighted by Gasteiger charge is -2.38. The Hall–Kier alpha value is -0.683. The molecule has 0 radical (unpaired) electrons.